The van der Waals surface area contributed by atoms with Gasteiger partial charge in [-0.25, -0.2) is 4.98 Å². The van der Waals surface area contributed by atoms with E-state index in [-0.39, 0.29) is 11.5 Å². The number of phenolic OH excluding ortho intramolecular Hbond substituents is 2. The highest BCUT2D eigenvalue weighted by molar-refractivity contribution is 5.44. The van der Waals surface area contributed by atoms with E-state index in [1.807, 2.05) is 0 Å². The molecule has 2 N–H and O–H groups in total. The lowest BCUT2D eigenvalue weighted by atomic mass is 10.3. The molecule has 0 spiro atoms. The Morgan fingerprint density at radius 3 is 2.53 bits per heavy atom. The maximum absolute atomic E-state index is 9.23. The van der Waals surface area contributed by atoms with Gasteiger partial charge in [0.25, 0.3) is 0 Å². The number of rotatable bonds is 2. The van der Waals surface area contributed by atoms with Crippen molar-refractivity contribution in [3.8, 4) is 23.1 Å². The molecule has 0 atom stereocenters. The summed E-state index contributed by atoms with van der Waals surface area (Å²) in [5.74, 6) is 0.457. The molecule has 0 fully saturated rings. The predicted octanol–water partition coefficient (Wildman–Crippen LogP) is 2.29. The van der Waals surface area contributed by atoms with E-state index in [0.717, 1.165) is 0 Å². The van der Waals surface area contributed by atoms with Gasteiger partial charge in [0.15, 0.2) is 11.5 Å². The van der Waals surface area contributed by atoms with Gasteiger partial charge in [0.1, 0.15) is 5.75 Å². The summed E-state index contributed by atoms with van der Waals surface area (Å²) in [4.78, 5) is 3.96. The van der Waals surface area contributed by atoms with Crippen LogP contribution >= 0.6 is 0 Å². The van der Waals surface area contributed by atoms with Crippen molar-refractivity contribution in [3.63, 3.8) is 0 Å². The van der Waals surface area contributed by atoms with Gasteiger partial charge >= 0.3 is 0 Å². The van der Waals surface area contributed by atoms with E-state index >= 15 is 0 Å². The van der Waals surface area contributed by atoms with Crippen LogP contribution in [0, 0.1) is 0 Å². The molecule has 4 heteroatoms. The SMILES string of the molecule is Oc1ccc(Oc2ccccn2)cc1O. The van der Waals surface area contributed by atoms with Crippen LogP contribution in [0.4, 0.5) is 0 Å². The summed E-state index contributed by atoms with van der Waals surface area (Å²) in [6.45, 7) is 0. The lowest BCUT2D eigenvalue weighted by Crippen LogP contribution is -1.86. The highest BCUT2D eigenvalue weighted by Crippen LogP contribution is 2.30. The van der Waals surface area contributed by atoms with E-state index in [1.165, 1.54) is 12.1 Å². The zero-order valence-corrected chi connectivity index (χ0v) is 7.79. The highest BCUT2D eigenvalue weighted by Gasteiger charge is 2.02. The van der Waals surface area contributed by atoms with Crippen molar-refractivity contribution in [2.24, 2.45) is 0 Å². The maximum Gasteiger partial charge on any atom is 0.219 e. The number of hydrogen-bond donors (Lipinski definition) is 2. The quantitative estimate of drug-likeness (QED) is 0.735. The van der Waals surface area contributed by atoms with E-state index in [9.17, 15) is 5.11 Å². The van der Waals surface area contributed by atoms with Crippen LogP contribution in [0.3, 0.4) is 0 Å². The Hall–Kier alpha value is -2.23. The van der Waals surface area contributed by atoms with E-state index in [2.05, 4.69) is 4.98 Å². The Morgan fingerprint density at radius 2 is 1.87 bits per heavy atom. The van der Waals surface area contributed by atoms with E-state index in [1.54, 1.807) is 30.5 Å². The molecule has 76 valence electrons. The van der Waals surface area contributed by atoms with Gasteiger partial charge in [0.05, 0.1) is 0 Å². The van der Waals surface area contributed by atoms with Gasteiger partial charge in [0, 0.05) is 18.3 Å². The number of aromatic nitrogens is 1. The van der Waals surface area contributed by atoms with Crippen molar-refractivity contribution in [3.05, 3.63) is 42.6 Å². The molecule has 0 saturated heterocycles. The third kappa shape index (κ3) is 2.17. The van der Waals surface area contributed by atoms with Gasteiger partial charge in [-0.3, -0.25) is 0 Å². The van der Waals surface area contributed by atoms with Gasteiger partial charge in [0.2, 0.25) is 5.88 Å². The molecule has 4 nitrogen and oxygen atoms in total. The number of pyridine rings is 1. The lowest BCUT2D eigenvalue weighted by molar-refractivity contribution is 0.396. The topological polar surface area (TPSA) is 62.6 Å². The van der Waals surface area contributed by atoms with Gasteiger partial charge in [-0.2, -0.15) is 0 Å². The molecule has 0 amide bonds. The van der Waals surface area contributed by atoms with Crippen LogP contribution in [0.25, 0.3) is 0 Å². The van der Waals surface area contributed by atoms with E-state index in [0.29, 0.717) is 11.6 Å². The van der Waals surface area contributed by atoms with E-state index < -0.39 is 0 Å². The monoisotopic (exact) mass is 203 g/mol. The van der Waals surface area contributed by atoms with Gasteiger partial charge < -0.3 is 14.9 Å². The number of hydrogen-bond acceptors (Lipinski definition) is 4. The summed E-state index contributed by atoms with van der Waals surface area (Å²) in [5, 5.41) is 18.3. The minimum absolute atomic E-state index is 0.177. The largest absolute Gasteiger partial charge is 0.504 e. The number of aromatic hydroxyl groups is 2. The maximum atomic E-state index is 9.23. The number of nitrogens with zero attached hydrogens (tertiary/aromatic N) is 1. The second-order valence-corrected chi connectivity index (χ2v) is 2.92. The summed E-state index contributed by atoms with van der Waals surface area (Å²) in [6.07, 6.45) is 1.61. The number of phenols is 2. The first-order valence-electron chi connectivity index (χ1n) is 4.36. The molecule has 0 saturated carbocycles. The molecule has 0 aliphatic rings. The summed E-state index contributed by atoms with van der Waals surface area (Å²) in [6, 6.07) is 9.50. The fourth-order valence-electron chi connectivity index (χ4n) is 1.09. The number of benzene rings is 1. The van der Waals surface area contributed by atoms with Crippen LogP contribution in [0.1, 0.15) is 0 Å². The van der Waals surface area contributed by atoms with Crippen molar-refractivity contribution in [2.75, 3.05) is 0 Å². The normalized spacial score (nSPS) is 9.87. The molecule has 1 aromatic carbocycles. The lowest BCUT2D eigenvalue weighted by Gasteiger charge is -2.04. The average molecular weight is 203 g/mol. The van der Waals surface area contributed by atoms with E-state index in [4.69, 9.17) is 9.84 Å². The summed E-state index contributed by atoms with van der Waals surface area (Å²) >= 11 is 0. The molecule has 0 bridgehead atoms. The van der Waals surface area contributed by atoms with Crippen LogP contribution in [0.15, 0.2) is 42.6 Å². The molecular weight excluding hydrogens is 194 g/mol. The molecule has 2 aromatic rings. The second kappa shape index (κ2) is 3.88. The fraction of sp³-hybridized carbons (Fsp3) is 0. The second-order valence-electron chi connectivity index (χ2n) is 2.92. The van der Waals surface area contributed by atoms with Crippen molar-refractivity contribution < 1.29 is 14.9 Å². The molecule has 0 aliphatic heterocycles. The molecule has 2 rings (SSSR count). The van der Waals surface area contributed by atoms with Gasteiger partial charge in [-0.15, -0.1) is 0 Å². The Morgan fingerprint density at radius 1 is 1.00 bits per heavy atom. The van der Waals surface area contributed by atoms with Crippen molar-refractivity contribution in [1.29, 1.82) is 0 Å². The zero-order chi connectivity index (χ0) is 10.7. The predicted molar refractivity (Wildman–Crippen MR) is 54.1 cm³/mol. The summed E-state index contributed by atoms with van der Waals surface area (Å²) in [7, 11) is 0. The highest BCUT2D eigenvalue weighted by atomic mass is 16.5. The first-order valence-corrected chi connectivity index (χ1v) is 4.36. The standard InChI is InChI=1S/C11H9NO3/c13-9-5-4-8(7-10(9)14)15-11-3-1-2-6-12-11/h1-7,13-14H. The Bertz CT molecular complexity index is 457. The summed E-state index contributed by atoms with van der Waals surface area (Å²) < 4.78 is 5.33. The molecule has 1 aromatic heterocycles. The smallest absolute Gasteiger partial charge is 0.219 e. The third-order valence-corrected chi connectivity index (χ3v) is 1.81. The minimum Gasteiger partial charge on any atom is -0.504 e. The van der Waals surface area contributed by atoms with Crippen molar-refractivity contribution in [2.45, 2.75) is 0 Å². The van der Waals surface area contributed by atoms with Crippen molar-refractivity contribution in [1.82, 2.24) is 4.98 Å². The zero-order valence-electron chi connectivity index (χ0n) is 7.79. The molecule has 0 unspecified atom stereocenters. The molecular formula is C11H9NO3. The van der Waals surface area contributed by atoms with Crippen LogP contribution in [-0.2, 0) is 0 Å². The average Bonchev–Trinajstić information content (AvgIpc) is 2.25. The summed E-state index contributed by atoms with van der Waals surface area (Å²) in [5.41, 5.74) is 0. The van der Waals surface area contributed by atoms with Gasteiger partial charge in [-0.1, -0.05) is 6.07 Å². The Labute approximate surface area is 86.4 Å². The molecule has 1 heterocycles. The molecule has 0 aliphatic carbocycles. The first kappa shape index (κ1) is 9.33. The third-order valence-electron chi connectivity index (χ3n) is 1.81. The molecule has 15 heavy (non-hydrogen) atoms. The fourth-order valence-corrected chi connectivity index (χ4v) is 1.09. The van der Waals surface area contributed by atoms with Crippen LogP contribution in [0.5, 0.6) is 23.1 Å². The molecule has 0 radical (unpaired) electrons. The van der Waals surface area contributed by atoms with Crippen LogP contribution in [0.2, 0.25) is 0 Å². The van der Waals surface area contributed by atoms with Crippen LogP contribution in [-0.4, -0.2) is 15.2 Å². The first-order chi connectivity index (χ1) is 7.25. The van der Waals surface area contributed by atoms with Crippen LogP contribution < -0.4 is 4.74 Å². The van der Waals surface area contributed by atoms with Gasteiger partial charge in [-0.05, 0) is 18.2 Å². The number of ether oxygens (including phenoxy) is 1. The Kier molecular flexibility index (Phi) is 2.41. The minimum atomic E-state index is -0.219. The Balaban J connectivity index is 2.22. The van der Waals surface area contributed by atoms with Crippen molar-refractivity contribution >= 4 is 0 Å².